The summed E-state index contributed by atoms with van der Waals surface area (Å²) in [7, 11) is 0. The smallest absolute Gasteiger partial charge is 0.233 e. The SMILES string of the molecule is O=C1[C@@H]2CC=CC[C@H]2C(=O)N1Cc1ccc(Cl)cc1. The molecule has 0 saturated carbocycles. The van der Waals surface area contributed by atoms with Gasteiger partial charge in [0.2, 0.25) is 11.8 Å². The molecule has 0 N–H and O–H groups in total. The normalized spacial score (nSPS) is 25.8. The lowest BCUT2D eigenvalue weighted by molar-refractivity contribution is -0.140. The number of imide groups is 1. The molecule has 0 radical (unpaired) electrons. The van der Waals surface area contributed by atoms with Gasteiger partial charge in [0.05, 0.1) is 18.4 Å². The van der Waals surface area contributed by atoms with Gasteiger partial charge in [-0.05, 0) is 30.5 Å². The molecular weight excluding hydrogens is 262 g/mol. The van der Waals surface area contributed by atoms with Crippen molar-refractivity contribution in [2.24, 2.45) is 11.8 Å². The number of likely N-dealkylation sites (tertiary alicyclic amines) is 1. The molecule has 1 aromatic carbocycles. The molecule has 1 fully saturated rings. The lowest BCUT2D eigenvalue weighted by Gasteiger charge is -2.14. The Hall–Kier alpha value is -1.61. The maximum Gasteiger partial charge on any atom is 0.233 e. The Morgan fingerprint density at radius 1 is 1.00 bits per heavy atom. The molecule has 0 spiro atoms. The molecule has 1 aromatic rings. The zero-order chi connectivity index (χ0) is 13.4. The maximum absolute atomic E-state index is 12.3. The van der Waals surface area contributed by atoms with Gasteiger partial charge in [0, 0.05) is 5.02 Å². The summed E-state index contributed by atoms with van der Waals surface area (Å²) in [6, 6.07) is 7.25. The number of allylic oxidation sites excluding steroid dienone is 2. The molecule has 1 aliphatic heterocycles. The average Bonchev–Trinajstić information content (AvgIpc) is 2.67. The van der Waals surface area contributed by atoms with Crippen LogP contribution in [0, 0.1) is 11.8 Å². The van der Waals surface area contributed by atoms with E-state index in [0.29, 0.717) is 24.4 Å². The quantitative estimate of drug-likeness (QED) is 0.615. The number of hydrogen-bond donors (Lipinski definition) is 0. The van der Waals surface area contributed by atoms with Gasteiger partial charge in [0.15, 0.2) is 0 Å². The highest BCUT2D eigenvalue weighted by Crippen LogP contribution is 2.35. The Bertz CT molecular complexity index is 524. The third-order valence-corrected chi connectivity index (χ3v) is 4.10. The van der Waals surface area contributed by atoms with Crippen molar-refractivity contribution >= 4 is 23.4 Å². The van der Waals surface area contributed by atoms with Crippen LogP contribution in [-0.2, 0) is 16.1 Å². The first kappa shape index (κ1) is 12.4. The number of rotatable bonds is 2. The van der Waals surface area contributed by atoms with Gasteiger partial charge in [-0.3, -0.25) is 14.5 Å². The van der Waals surface area contributed by atoms with Crippen molar-refractivity contribution in [3.8, 4) is 0 Å². The van der Waals surface area contributed by atoms with Crippen LogP contribution in [0.25, 0.3) is 0 Å². The topological polar surface area (TPSA) is 37.4 Å². The summed E-state index contributed by atoms with van der Waals surface area (Å²) in [5, 5.41) is 0.653. The first-order valence-electron chi connectivity index (χ1n) is 6.41. The second-order valence-electron chi connectivity index (χ2n) is 5.04. The summed E-state index contributed by atoms with van der Waals surface area (Å²) in [5.74, 6) is -0.363. The van der Waals surface area contributed by atoms with E-state index in [4.69, 9.17) is 11.6 Å². The van der Waals surface area contributed by atoms with Crippen LogP contribution in [0.1, 0.15) is 18.4 Å². The van der Waals surface area contributed by atoms with Gasteiger partial charge in [-0.15, -0.1) is 0 Å². The van der Waals surface area contributed by atoms with E-state index in [1.165, 1.54) is 4.90 Å². The van der Waals surface area contributed by atoms with Gasteiger partial charge in [-0.25, -0.2) is 0 Å². The highest BCUT2D eigenvalue weighted by Gasteiger charge is 2.46. The van der Waals surface area contributed by atoms with Gasteiger partial charge in [0.25, 0.3) is 0 Å². The van der Waals surface area contributed by atoms with Crippen molar-refractivity contribution in [2.75, 3.05) is 0 Å². The van der Waals surface area contributed by atoms with Crippen LogP contribution in [0.4, 0.5) is 0 Å². The number of carbonyl (C=O) groups is 2. The Balaban J connectivity index is 1.80. The summed E-state index contributed by atoms with van der Waals surface area (Å²) in [5.41, 5.74) is 0.928. The van der Waals surface area contributed by atoms with E-state index >= 15 is 0 Å². The second-order valence-corrected chi connectivity index (χ2v) is 5.48. The maximum atomic E-state index is 12.3. The largest absolute Gasteiger partial charge is 0.278 e. The molecule has 3 nitrogen and oxygen atoms in total. The van der Waals surface area contributed by atoms with E-state index < -0.39 is 0 Å². The van der Waals surface area contributed by atoms with Crippen molar-refractivity contribution in [1.82, 2.24) is 4.90 Å². The predicted octanol–water partition coefficient (Wildman–Crippen LogP) is 2.79. The third kappa shape index (κ3) is 2.19. The number of fused-ring (bicyclic) bond motifs is 1. The van der Waals surface area contributed by atoms with E-state index in [1.807, 2.05) is 24.3 Å². The van der Waals surface area contributed by atoms with Gasteiger partial charge < -0.3 is 0 Å². The lowest BCUT2D eigenvalue weighted by Crippen LogP contribution is -2.30. The number of carbonyl (C=O) groups excluding carboxylic acids is 2. The van der Waals surface area contributed by atoms with Crippen molar-refractivity contribution < 1.29 is 9.59 Å². The first-order chi connectivity index (χ1) is 9.16. The molecule has 2 atom stereocenters. The van der Waals surface area contributed by atoms with Crippen LogP contribution in [-0.4, -0.2) is 16.7 Å². The summed E-state index contributed by atoms with van der Waals surface area (Å²) in [6.07, 6.45) is 5.37. The van der Waals surface area contributed by atoms with Gasteiger partial charge in [0.1, 0.15) is 0 Å². The zero-order valence-corrected chi connectivity index (χ0v) is 11.1. The third-order valence-electron chi connectivity index (χ3n) is 3.85. The fraction of sp³-hybridized carbons (Fsp3) is 0.333. The molecule has 0 bridgehead atoms. The summed E-state index contributed by atoms with van der Waals surface area (Å²) < 4.78 is 0. The van der Waals surface area contributed by atoms with Crippen LogP contribution in [0.3, 0.4) is 0 Å². The van der Waals surface area contributed by atoms with E-state index in [1.54, 1.807) is 12.1 Å². The van der Waals surface area contributed by atoms with Crippen LogP contribution in [0.2, 0.25) is 5.02 Å². The van der Waals surface area contributed by atoms with Crippen LogP contribution >= 0.6 is 11.6 Å². The molecular formula is C15H14ClNO2. The number of benzene rings is 1. The van der Waals surface area contributed by atoms with E-state index in [-0.39, 0.29) is 23.7 Å². The Labute approximate surface area is 116 Å². The molecule has 1 heterocycles. The highest BCUT2D eigenvalue weighted by molar-refractivity contribution is 6.30. The highest BCUT2D eigenvalue weighted by atomic mass is 35.5. The van der Waals surface area contributed by atoms with Gasteiger partial charge >= 0.3 is 0 Å². The molecule has 0 aromatic heterocycles. The van der Waals surface area contributed by atoms with Crippen molar-refractivity contribution in [2.45, 2.75) is 19.4 Å². The second kappa shape index (κ2) is 4.82. The van der Waals surface area contributed by atoms with E-state index in [2.05, 4.69) is 0 Å². The van der Waals surface area contributed by atoms with Crippen LogP contribution in [0.15, 0.2) is 36.4 Å². The predicted molar refractivity (Wildman–Crippen MR) is 72.4 cm³/mol. The van der Waals surface area contributed by atoms with Crippen molar-refractivity contribution in [1.29, 1.82) is 0 Å². The number of nitrogens with zero attached hydrogens (tertiary/aromatic N) is 1. The fourth-order valence-electron chi connectivity index (χ4n) is 2.80. The van der Waals surface area contributed by atoms with E-state index in [9.17, 15) is 9.59 Å². The van der Waals surface area contributed by atoms with Gasteiger partial charge in [-0.2, -0.15) is 0 Å². The minimum absolute atomic E-state index is 0.0331. The monoisotopic (exact) mass is 275 g/mol. The Morgan fingerprint density at radius 3 is 2.05 bits per heavy atom. The van der Waals surface area contributed by atoms with Gasteiger partial charge in [-0.1, -0.05) is 35.9 Å². The molecule has 1 saturated heterocycles. The standard InChI is InChI=1S/C15H14ClNO2/c16-11-7-5-10(6-8-11)9-17-14(18)12-3-1-2-4-13(12)15(17)19/h1-2,5-8,12-13H,3-4,9H2/t12-,13-/m1/s1. The molecule has 2 aliphatic rings. The first-order valence-corrected chi connectivity index (χ1v) is 6.79. The number of amides is 2. The van der Waals surface area contributed by atoms with E-state index in [0.717, 1.165) is 5.56 Å². The molecule has 98 valence electrons. The Morgan fingerprint density at radius 2 is 1.53 bits per heavy atom. The average molecular weight is 276 g/mol. The van der Waals surface area contributed by atoms with Crippen LogP contribution < -0.4 is 0 Å². The molecule has 4 heteroatoms. The molecule has 2 amide bonds. The molecule has 0 unspecified atom stereocenters. The number of hydrogen-bond acceptors (Lipinski definition) is 2. The lowest BCUT2D eigenvalue weighted by atomic mass is 9.85. The molecule has 3 rings (SSSR count). The number of halogens is 1. The van der Waals surface area contributed by atoms with Crippen LogP contribution in [0.5, 0.6) is 0 Å². The Kier molecular flexibility index (Phi) is 3.15. The summed E-state index contributed by atoms with van der Waals surface area (Å²) >= 11 is 5.83. The fourth-order valence-corrected chi connectivity index (χ4v) is 2.92. The summed E-state index contributed by atoms with van der Waals surface area (Å²) in [6.45, 7) is 0.349. The molecule has 19 heavy (non-hydrogen) atoms. The zero-order valence-electron chi connectivity index (χ0n) is 10.4. The summed E-state index contributed by atoms with van der Waals surface area (Å²) in [4.78, 5) is 25.9. The molecule has 1 aliphatic carbocycles. The minimum Gasteiger partial charge on any atom is -0.278 e. The van der Waals surface area contributed by atoms with Crippen molar-refractivity contribution in [3.63, 3.8) is 0 Å². The van der Waals surface area contributed by atoms with Crippen molar-refractivity contribution in [3.05, 3.63) is 47.0 Å². The minimum atomic E-state index is -0.148.